The molecule has 0 spiro atoms. The summed E-state index contributed by atoms with van der Waals surface area (Å²) in [6, 6.07) is 4.62. The van der Waals surface area contributed by atoms with Gasteiger partial charge in [0.25, 0.3) is 0 Å². The predicted molar refractivity (Wildman–Crippen MR) is 63.9 cm³/mol. The number of hydrogen-bond acceptors (Lipinski definition) is 5. The van der Waals surface area contributed by atoms with Crippen LogP contribution in [-0.2, 0) is 10.1 Å². The number of para-hydroxylation sites is 1. The van der Waals surface area contributed by atoms with E-state index in [1.807, 2.05) is 0 Å². The molecule has 146 valence electrons. The normalized spacial score (nSPS) is 14.7. The maximum atomic E-state index is 13.5. The van der Waals surface area contributed by atoms with E-state index < -0.39 is 38.9 Å². The minimum absolute atomic E-state index is 0.182. The van der Waals surface area contributed by atoms with Crippen LogP contribution < -0.4 is 4.28 Å². The molecule has 0 atom stereocenters. The lowest BCUT2D eigenvalue weighted by Crippen LogP contribution is -2.64. The highest BCUT2D eigenvalue weighted by Crippen LogP contribution is 2.54. The van der Waals surface area contributed by atoms with Crippen LogP contribution in [0, 0.1) is 0 Å². The van der Waals surface area contributed by atoms with Crippen LogP contribution in [0.4, 0.5) is 39.5 Å². The summed E-state index contributed by atoms with van der Waals surface area (Å²) in [7, 11) is -7.08. The van der Waals surface area contributed by atoms with Crippen LogP contribution in [0.15, 0.2) is 24.3 Å². The van der Waals surface area contributed by atoms with E-state index in [-0.39, 0.29) is 10.4 Å². The van der Waals surface area contributed by atoms with Gasteiger partial charge < -0.3 is 0 Å². The van der Waals surface area contributed by atoms with Crippen molar-refractivity contribution in [1.82, 2.24) is 15.2 Å². The Hall–Kier alpha value is -2.26. The first-order chi connectivity index (χ1) is 11.6. The molecule has 16 heteroatoms. The SMILES string of the molecule is O=S(=O)(On1nnc2ccccc21)C(F)(F)C(F)(F)C(F)(F)C(F)(F)F. The summed E-state index contributed by atoms with van der Waals surface area (Å²) in [5.74, 6) is -14.8. The standard InChI is InChI=1S/C10H4F9N3O3S/c11-7(12,9(15,16)17)8(13,14)10(18,19)26(23,24)25-22-6-4-2-1-3-5(6)20-21-22/h1-4H. The molecule has 2 rings (SSSR count). The van der Waals surface area contributed by atoms with Crippen LogP contribution in [0.5, 0.6) is 0 Å². The molecule has 0 aliphatic carbocycles. The highest BCUT2D eigenvalue weighted by Gasteiger charge is 2.86. The number of nitrogens with zero attached hydrogens (tertiary/aromatic N) is 3. The third-order valence-electron chi connectivity index (χ3n) is 2.92. The van der Waals surface area contributed by atoms with Crippen molar-refractivity contribution in [2.24, 2.45) is 0 Å². The van der Waals surface area contributed by atoms with E-state index in [4.69, 9.17) is 0 Å². The van der Waals surface area contributed by atoms with E-state index >= 15 is 0 Å². The number of halogens is 9. The minimum Gasteiger partial charge on any atom is -0.263 e. The van der Waals surface area contributed by atoms with Crippen LogP contribution in [0.25, 0.3) is 11.0 Å². The van der Waals surface area contributed by atoms with E-state index in [1.165, 1.54) is 12.1 Å². The second kappa shape index (κ2) is 5.62. The molecule has 1 aromatic carbocycles. The van der Waals surface area contributed by atoms with Crippen molar-refractivity contribution >= 4 is 21.2 Å². The van der Waals surface area contributed by atoms with Crippen LogP contribution in [-0.4, -0.2) is 46.9 Å². The van der Waals surface area contributed by atoms with Crippen LogP contribution in [0.3, 0.4) is 0 Å². The molecule has 0 unspecified atom stereocenters. The topological polar surface area (TPSA) is 74.1 Å². The highest BCUT2D eigenvalue weighted by atomic mass is 32.2. The van der Waals surface area contributed by atoms with Gasteiger partial charge >= 0.3 is 33.4 Å². The third-order valence-corrected chi connectivity index (χ3v) is 4.14. The molecule has 0 aliphatic heterocycles. The summed E-state index contributed by atoms with van der Waals surface area (Å²) in [6.07, 6.45) is -7.17. The van der Waals surface area contributed by atoms with Crippen molar-refractivity contribution < 1.29 is 52.2 Å². The number of hydrogen-bond donors (Lipinski definition) is 0. The van der Waals surface area contributed by atoms with Gasteiger partial charge in [-0.1, -0.05) is 17.0 Å². The largest absolute Gasteiger partial charge is 0.460 e. The van der Waals surface area contributed by atoms with Crippen molar-refractivity contribution in [1.29, 1.82) is 0 Å². The lowest BCUT2D eigenvalue weighted by molar-refractivity contribution is -0.382. The fraction of sp³-hybridized carbons (Fsp3) is 0.400. The summed E-state index contributed by atoms with van der Waals surface area (Å²) in [5, 5.41) is -0.918. The third kappa shape index (κ3) is 2.71. The molecule has 0 saturated heterocycles. The summed E-state index contributed by atoms with van der Waals surface area (Å²) < 4.78 is 141. The average Bonchev–Trinajstić information content (AvgIpc) is 2.88. The molecular formula is C10H4F9N3O3S. The van der Waals surface area contributed by atoms with E-state index in [0.717, 1.165) is 12.1 Å². The summed E-state index contributed by atoms with van der Waals surface area (Å²) in [4.78, 5) is -0.347. The number of aromatic nitrogens is 3. The second-order valence-electron chi connectivity index (χ2n) is 4.64. The van der Waals surface area contributed by atoms with Gasteiger partial charge in [-0.05, 0) is 17.3 Å². The number of rotatable bonds is 5. The second-order valence-corrected chi connectivity index (χ2v) is 6.21. The Morgan fingerprint density at radius 3 is 1.96 bits per heavy atom. The number of fused-ring (bicyclic) bond motifs is 1. The Kier molecular flexibility index (Phi) is 4.33. The van der Waals surface area contributed by atoms with Crippen LogP contribution >= 0.6 is 0 Å². The minimum atomic E-state index is -7.40. The molecule has 0 radical (unpaired) electrons. The van der Waals surface area contributed by atoms with Gasteiger partial charge in [0.2, 0.25) is 0 Å². The van der Waals surface area contributed by atoms with Gasteiger partial charge in [-0.3, -0.25) is 4.28 Å². The molecule has 0 N–H and O–H groups in total. The molecule has 0 bridgehead atoms. The van der Waals surface area contributed by atoms with E-state index in [2.05, 4.69) is 14.6 Å². The smallest absolute Gasteiger partial charge is 0.263 e. The molecule has 1 aromatic heterocycles. The van der Waals surface area contributed by atoms with Crippen molar-refractivity contribution in [3.05, 3.63) is 24.3 Å². The summed E-state index contributed by atoms with van der Waals surface area (Å²) in [6.45, 7) is 0. The van der Waals surface area contributed by atoms with E-state index in [9.17, 15) is 47.9 Å². The zero-order chi connectivity index (χ0) is 20.2. The average molecular weight is 417 g/mol. The maximum absolute atomic E-state index is 13.5. The van der Waals surface area contributed by atoms with Gasteiger partial charge in [0.15, 0.2) is 0 Å². The molecule has 0 fully saturated rings. The predicted octanol–water partition coefficient (Wildman–Crippen LogP) is 2.62. The van der Waals surface area contributed by atoms with Crippen LogP contribution in [0.2, 0.25) is 0 Å². The van der Waals surface area contributed by atoms with E-state index in [1.54, 1.807) is 0 Å². The highest BCUT2D eigenvalue weighted by molar-refractivity contribution is 7.88. The molecule has 0 saturated carbocycles. The van der Waals surface area contributed by atoms with Crippen molar-refractivity contribution in [2.75, 3.05) is 0 Å². The lowest BCUT2D eigenvalue weighted by Gasteiger charge is -2.32. The fourth-order valence-corrected chi connectivity index (χ4v) is 2.39. The Bertz CT molecular complexity index is 922. The van der Waals surface area contributed by atoms with E-state index in [0.29, 0.717) is 0 Å². The zero-order valence-electron chi connectivity index (χ0n) is 11.7. The first kappa shape index (κ1) is 20.1. The van der Waals surface area contributed by atoms with Crippen LogP contribution in [0.1, 0.15) is 0 Å². The maximum Gasteiger partial charge on any atom is 0.460 e. The Morgan fingerprint density at radius 1 is 0.885 bits per heavy atom. The van der Waals surface area contributed by atoms with Crippen molar-refractivity contribution in [2.45, 2.75) is 23.3 Å². The summed E-state index contributed by atoms with van der Waals surface area (Å²) in [5.41, 5.74) is -0.656. The molecule has 26 heavy (non-hydrogen) atoms. The monoisotopic (exact) mass is 417 g/mol. The van der Waals surface area contributed by atoms with Gasteiger partial charge in [-0.15, -0.1) is 5.10 Å². The molecule has 6 nitrogen and oxygen atoms in total. The molecule has 0 amide bonds. The number of alkyl halides is 9. The van der Waals surface area contributed by atoms with Gasteiger partial charge in [0.05, 0.1) is 0 Å². The van der Waals surface area contributed by atoms with Gasteiger partial charge in [-0.25, -0.2) is 0 Å². The quantitative estimate of drug-likeness (QED) is 0.700. The summed E-state index contributed by atoms with van der Waals surface area (Å²) >= 11 is 0. The molecule has 1 heterocycles. The fourth-order valence-electron chi connectivity index (χ4n) is 1.56. The Morgan fingerprint density at radius 2 is 1.42 bits per heavy atom. The van der Waals surface area contributed by atoms with Gasteiger partial charge in [-0.2, -0.15) is 47.9 Å². The Labute approximate surface area is 137 Å². The molecule has 2 aromatic rings. The zero-order valence-corrected chi connectivity index (χ0v) is 12.5. The molecular weight excluding hydrogens is 413 g/mol. The number of benzene rings is 1. The van der Waals surface area contributed by atoms with Gasteiger partial charge in [0.1, 0.15) is 11.0 Å². The lowest BCUT2D eigenvalue weighted by atomic mass is 10.1. The first-order valence-electron chi connectivity index (χ1n) is 6.01. The first-order valence-corrected chi connectivity index (χ1v) is 7.42. The van der Waals surface area contributed by atoms with Gasteiger partial charge in [0, 0.05) is 0 Å². The molecule has 0 aliphatic rings. The Balaban J connectivity index is 2.49. The van der Waals surface area contributed by atoms with Crippen molar-refractivity contribution in [3.8, 4) is 0 Å². The van der Waals surface area contributed by atoms with Crippen molar-refractivity contribution in [3.63, 3.8) is 0 Å².